The number of likely N-dealkylation sites (tertiary alicyclic amines) is 1. The Morgan fingerprint density at radius 1 is 1.30 bits per heavy atom. The summed E-state index contributed by atoms with van der Waals surface area (Å²) in [5, 5.41) is 3.66. The minimum absolute atomic E-state index is 0.0258. The lowest BCUT2D eigenvalue weighted by atomic mass is 9.78. The Morgan fingerprint density at radius 3 is 2.59 bits per heavy atom. The van der Waals surface area contributed by atoms with Crippen molar-refractivity contribution in [1.82, 2.24) is 10.2 Å². The molecule has 2 aliphatic rings. The first kappa shape index (κ1) is 19.7. The molecule has 1 N–H and O–H groups in total. The van der Waals surface area contributed by atoms with Crippen LogP contribution >= 0.6 is 0 Å². The van der Waals surface area contributed by atoms with Crippen molar-refractivity contribution in [3.8, 4) is 0 Å². The third-order valence-electron chi connectivity index (χ3n) is 6.32. The molecule has 0 spiro atoms. The van der Waals surface area contributed by atoms with Crippen LogP contribution in [-0.2, 0) is 14.9 Å². The molecule has 1 aliphatic carbocycles. The Labute approximate surface area is 163 Å². The highest BCUT2D eigenvalue weighted by molar-refractivity contribution is 5.80. The van der Waals surface area contributed by atoms with Crippen LogP contribution in [-0.4, -0.2) is 50.6 Å². The smallest absolute Gasteiger partial charge is 0.308 e. The van der Waals surface area contributed by atoms with Gasteiger partial charge in [-0.15, -0.1) is 0 Å². The Balaban J connectivity index is 1.64. The van der Waals surface area contributed by atoms with Crippen LogP contribution in [0.3, 0.4) is 0 Å². The third-order valence-corrected chi connectivity index (χ3v) is 6.32. The summed E-state index contributed by atoms with van der Waals surface area (Å²) in [6, 6.07) is 8.98. The van der Waals surface area contributed by atoms with Gasteiger partial charge in [-0.05, 0) is 38.2 Å². The first-order chi connectivity index (χ1) is 13.1. The van der Waals surface area contributed by atoms with Crippen molar-refractivity contribution in [2.75, 3.05) is 33.8 Å². The summed E-state index contributed by atoms with van der Waals surface area (Å²) in [4.78, 5) is 18.5. The molecule has 27 heavy (non-hydrogen) atoms. The minimum atomic E-state index is -0.0815. The molecule has 0 amide bonds. The fraction of sp³-hybridized carbons (Fsp3) is 0.636. The average molecular weight is 372 g/mol. The summed E-state index contributed by atoms with van der Waals surface area (Å²) in [6.07, 6.45) is 6.69. The maximum atomic E-state index is 11.8. The number of esters is 1. The topological polar surface area (TPSA) is 53.9 Å². The van der Waals surface area contributed by atoms with E-state index in [1.807, 2.05) is 7.05 Å². The predicted octanol–water partition coefficient (Wildman–Crippen LogP) is 3.27. The van der Waals surface area contributed by atoms with Gasteiger partial charge in [0, 0.05) is 32.1 Å². The Bertz CT molecular complexity index is 672. The molecule has 148 valence electrons. The maximum Gasteiger partial charge on any atom is 0.308 e. The van der Waals surface area contributed by atoms with Gasteiger partial charge in [-0.1, -0.05) is 42.7 Å². The van der Waals surface area contributed by atoms with Gasteiger partial charge in [0.05, 0.1) is 13.0 Å². The molecule has 0 aromatic heterocycles. The van der Waals surface area contributed by atoms with Crippen LogP contribution < -0.4 is 5.32 Å². The summed E-state index contributed by atoms with van der Waals surface area (Å²) in [6.45, 7) is 4.78. The maximum absolute atomic E-state index is 11.8. The monoisotopic (exact) mass is 371 g/mol. The highest BCUT2D eigenvalue weighted by Crippen LogP contribution is 2.41. The summed E-state index contributed by atoms with van der Waals surface area (Å²) in [7, 11) is 3.32. The lowest BCUT2D eigenvalue weighted by Gasteiger charge is -2.36. The normalized spacial score (nSPS) is 20.6. The quantitative estimate of drug-likeness (QED) is 0.501. The van der Waals surface area contributed by atoms with Crippen LogP contribution in [0.25, 0.3) is 0 Å². The molecule has 1 aromatic carbocycles. The van der Waals surface area contributed by atoms with Crippen molar-refractivity contribution in [2.45, 2.75) is 50.9 Å². The van der Waals surface area contributed by atoms with E-state index in [0.29, 0.717) is 0 Å². The molecule has 3 rings (SSSR count). The number of nitrogens with one attached hydrogen (secondary N) is 1. The van der Waals surface area contributed by atoms with Crippen LogP contribution in [0.2, 0.25) is 0 Å². The predicted molar refractivity (Wildman–Crippen MR) is 109 cm³/mol. The molecular weight excluding hydrogens is 338 g/mol. The fourth-order valence-electron chi connectivity index (χ4n) is 4.67. The first-order valence-corrected chi connectivity index (χ1v) is 10.2. The number of rotatable bonds is 4. The highest BCUT2D eigenvalue weighted by atomic mass is 16.5. The molecule has 1 saturated heterocycles. The second-order valence-electron chi connectivity index (χ2n) is 8.04. The van der Waals surface area contributed by atoms with Crippen LogP contribution in [0.4, 0.5) is 0 Å². The van der Waals surface area contributed by atoms with Gasteiger partial charge in [-0.3, -0.25) is 9.79 Å². The Hall–Kier alpha value is -2.04. The van der Waals surface area contributed by atoms with E-state index < -0.39 is 0 Å². The number of guanidine groups is 1. The van der Waals surface area contributed by atoms with E-state index in [4.69, 9.17) is 4.74 Å². The van der Waals surface area contributed by atoms with Gasteiger partial charge in [0.1, 0.15) is 0 Å². The molecule has 1 saturated carbocycles. The molecule has 5 nitrogen and oxygen atoms in total. The van der Waals surface area contributed by atoms with Crippen molar-refractivity contribution in [3.05, 3.63) is 35.4 Å². The summed E-state index contributed by atoms with van der Waals surface area (Å²) in [5.74, 6) is 0.900. The summed E-state index contributed by atoms with van der Waals surface area (Å²) < 4.78 is 4.90. The van der Waals surface area contributed by atoms with E-state index in [1.54, 1.807) is 0 Å². The number of hydrogen-bond donors (Lipinski definition) is 1. The molecule has 0 atom stereocenters. The van der Waals surface area contributed by atoms with Gasteiger partial charge >= 0.3 is 5.97 Å². The standard InChI is InChI=1S/C22H33N3O2/c1-17-7-6-8-19(15-17)22(11-4-5-12-22)16-24-21(23-2)25-13-9-18(10-14-25)20(26)27-3/h6-8,15,18H,4-5,9-14,16H2,1-3H3,(H,23,24). The number of nitrogens with zero attached hydrogens (tertiary/aromatic N) is 2. The SMILES string of the molecule is CN=C(NCC1(c2cccc(C)c2)CCCC1)N1CCC(C(=O)OC)CC1. The second kappa shape index (κ2) is 8.77. The van der Waals surface area contributed by atoms with E-state index in [0.717, 1.165) is 38.4 Å². The van der Waals surface area contributed by atoms with Crippen LogP contribution in [0, 0.1) is 12.8 Å². The lowest BCUT2D eigenvalue weighted by molar-refractivity contribution is -0.146. The Morgan fingerprint density at radius 2 is 2.00 bits per heavy atom. The zero-order valence-electron chi connectivity index (χ0n) is 17.0. The van der Waals surface area contributed by atoms with Crippen molar-refractivity contribution in [2.24, 2.45) is 10.9 Å². The van der Waals surface area contributed by atoms with Gasteiger partial charge in [-0.25, -0.2) is 0 Å². The number of carbonyl (C=O) groups is 1. The molecule has 0 radical (unpaired) electrons. The molecule has 0 bridgehead atoms. The van der Waals surface area contributed by atoms with E-state index in [-0.39, 0.29) is 17.3 Å². The van der Waals surface area contributed by atoms with Crippen LogP contribution in [0.1, 0.15) is 49.7 Å². The van der Waals surface area contributed by atoms with E-state index in [1.165, 1.54) is 43.9 Å². The second-order valence-corrected chi connectivity index (χ2v) is 8.04. The zero-order chi connectivity index (χ0) is 19.3. The van der Waals surface area contributed by atoms with Crippen LogP contribution in [0.5, 0.6) is 0 Å². The van der Waals surface area contributed by atoms with Gasteiger partial charge in [0.25, 0.3) is 0 Å². The van der Waals surface area contributed by atoms with E-state index >= 15 is 0 Å². The van der Waals surface area contributed by atoms with Crippen molar-refractivity contribution >= 4 is 11.9 Å². The third kappa shape index (κ3) is 4.45. The number of carbonyl (C=O) groups excluding carboxylic acids is 1. The fourth-order valence-corrected chi connectivity index (χ4v) is 4.67. The van der Waals surface area contributed by atoms with Crippen molar-refractivity contribution in [1.29, 1.82) is 0 Å². The van der Waals surface area contributed by atoms with Gasteiger partial charge in [-0.2, -0.15) is 0 Å². The number of methoxy groups -OCH3 is 1. The van der Waals surface area contributed by atoms with Crippen molar-refractivity contribution in [3.63, 3.8) is 0 Å². The van der Waals surface area contributed by atoms with E-state index in [9.17, 15) is 4.79 Å². The molecule has 0 unspecified atom stereocenters. The number of benzene rings is 1. The van der Waals surface area contributed by atoms with Crippen molar-refractivity contribution < 1.29 is 9.53 Å². The number of piperidine rings is 1. The molecular formula is C22H33N3O2. The minimum Gasteiger partial charge on any atom is -0.469 e. The number of aryl methyl sites for hydroxylation is 1. The number of aliphatic imine (C=N–C) groups is 1. The lowest BCUT2D eigenvalue weighted by Crippen LogP contribution is -2.49. The average Bonchev–Trinajstić information content (AvgIpc) is 3.18. The summed E-state index contributed by atoms with van der Waals surface area (Å²) >= 11 is 0. The summed E-state index contributed by atoms with van der Waals surface area (Å²) in [5.41, 5.74) is 2.98. The molecule has 1 heterocycles. The zero-order valence-corrected chi connectivity index (χ0v) is 17.0. The molecule has 1 aromatic rings. The molecule has 5 heteroatoms. The van der Waals surface area contributed by atoms with Gasteiger partial charge in [0.2, 0.25) is 0 Å². The van der Waals surface area contributed by atoms with E-state index in [2.05, 4.69) is 46.4 Å². The largest absolute Gasteiger partial charge is 0.469 e. The van der Waals surface area contributed by atoms with Gasteiger partial charge < -0.3 is 15.0 Å². The Kier molecular flexibility index (Phi) is 6.40. The number of ether oxygens (including phenoxy) is 1. The van der Waals surface area contributed by atoms with Crippen LogP contribution in [0.15, 0.2) is 29.3 Å². The first-order valence-electron chi connectivity index (χ1n) is 10.2. The highest BCUT2D eigenvalue weighted by Gasteiger charge is 2.36. The van der Waals surface area contributed by atoms with Gasteiger partial charge in [0.15, 0.2) is 5.96 Å². The molecule has 2 fully saturated rings. The number of hydrogen-bond acceptors (Lipinski definition) is 3. The molecule has 1 aliphatic heterocycles.